The largest absolute Gasteiger partial charge is 0.481 e. The van der Waals surface area contributed by atoms with E-state index < -0.39 is 20.6 Å². The second-order valence-corrected chi connectivity index (χ2v) is 13.5. The molecule has 0 aromatic heterocycles. The maximum atomic E-state index is 10.7. The Morgan fingerprint density at radius 1 is 1.33 bits per heavy atom. The van der Waals surface area contributed by atoms with Gasteiger partial charge in [-0.15, -0.1) is 0 Å². The first-order valence-corrected chi connectivity index (χ1v) is 11.9. The number of hydrogen-bond donors (Lipinski definition) is 1. The zero-order chi connectivity index (χ0) is 18.7. The minimum atomic E-state index is -1.93. The molecule has 0 aromatic rings. The Balaban J connectivity index is 2.78. The SMILES string of the molecule is CC1O[C@@H](O[C@H](C)CCC(=O)O)C(O[Si](C)(C)C(C)(C)C)C[C@H]1C. The van der Waals surface area contributed by atoms with Crippen molar-refractivity contribution in [1.29, 1.82) is 0 Å². The van der Waals surface area contributed by atoms with Gasteiger partial charge >= 0.3 is 5.97 Å². The molecule has 1 N–H and O–H groups in total. The molecule has 1 aliphatic heterocycles. The first-order valence-electron chi connectivity index (χ1n) is 9.04. The fraction of sp³-hybridized carbons (Fsp3) is 0.944. The predicted molar refractivity (Wildman–Crippen MR) is 97.6 cm³/mol. The Hall–Kier alpha value is -0.433. The average Bonchev–Trinajstić information content (AvgIpc) is 2.40. The molecule has 0 amide bonds. The first-order chi connectivity index (χ1) is 10.8. The Morgan fingerprint density at radius 2 is 1.92 bits per heavy atom. The van der Waals surface area contributed by atoms with Gasteiger partial charge in [-0.1, -0.05) is 27.7 Å². The summed E-state index contributed by atoms with van der Waals surface area (Å²) >= 11 is 0. The van der Waals surface area contributed by atoms with Gasteiger partial charge in [0.05, 0.1) is 18.3 Å². The van der Waals surface area contributed by atoms with E-state index in [1.54, 1.807) is 0 Å². The summed E-state index contributed by atoms with van der Waals surface area (Å²) < 4.78 is 18.7. The molecule has 2 unspecified atom stereocenters. The maximum absolute atomic E-state index is 10.7. The van der Waals surface area contributed by atoms with E-state index in [0.29, 0.717) is 12.3 Å². The van der Waals surface area contributed by atoms with E-state index in [0.717, 1.165) is 6.42 Å². The van der Waals surface area contributed by atoms with Gasteiger partial charge in [0.1, 0.15) is 0 Å². The predicted octanol–water partition coefficient (Wildman–Crippen LogP) is 4.42. The van der Waals surface area contributed by atoms with Crippen LogP contribution in [0.3, 0.4) is 0 Å². The molecule has 142 valence electrons. The molecule has 1 aliphatic rings. The number of carbonyl (C=O) groups is 1. The molecule has 5 atom stereocenters. The average molecular weight is 361 g/mol. The zero-order valence-electron chi connectivity index (χ0n) is 16.6. The van der Waals surface area contributed by atoms with E-state index in [-0.39, 0.29) is 29.8 Å². The van der Waals surface area contributed by atoms with Gasteiger partial charge in [-0.05, 0) is 50.7 Å². The van der Waals surface area contributed by atoms with E-state index in [1.807, 2.05) is 6.92 Å². The minimum absolute atomic E-state index is 0.0932. The lowest BCUT2D eigenvalue weighted by Crippen LogP contribution is -2.53. The summed E-state index contributed by atoms with van der Waals surface area (Å²) in [4.78, 5) is 10.7. The third kappa shape index (κ3) is 6.13. The van der Waals surface area contributed by atoms with E-state index in [9.17, 15) is 4.79 Å². The summed E-state index contributed by atoms with van der Waals surface area (Å²) in [5.41, 5.74) is 0. The van der Waals surface area contributed by atoms with Crippen LogP contribution >= 0.6 is 0 Å². The summed E-state index contributed by atoms with van der Waals surface area (Å²) in [6.07, 6.45) is 0.917. The molecule has 1 rings (SSSR count). The monoisotopic (exact) mass is 360 g/mol. The van der Waals surface area contributed by atoms with Crippen LogP contribution in [0.1, 0.15) is 60.8 Å². The van der Waals surface area contributed by atoms with Crippen LogP contribution in [0.25, 0.3) is 0 Å². The molecule has 0 radical (unpaired) electrons. The quantitative estimate of drug-likeness (QED) is 0.681. The van der Waals surface area contributed by atoms with E-state index in [1.165, 1.54) is 0 Å². The Bertz CT molecular complexity index is 418. The van der Waals surface area contributed by atoms with Crippen molar-refractivity contribution in [2.24, 2.45) is 5.92 Å². The number of aliphatic carboxylic acids is 1. The molecule has 1 fully saturated rings. The Kier molecular flexibility index (Phi) is 7.47. The summed E-state index contributed by atoms with van der Waals surface area (Å²) in [7, 11) is -1.93. The number of carboxylic acid groups (broad SMARTS) is 1. The van der Waals surface area contributed by atoms with Crippen molar-refractivity contribution in [2.75, 3.05) is 0 Å². The van der Waals surface area contributed by atoms with Gasteiger partial charge in [-0.25, -0.2) is 0 Å². The third-order valence-corrected chi connectivity index (χ3v) is 9.95. The lowest BCUT2D eigenvalue weighted by molar-refractivity contribution is -0.260. The van der Waals surface area contributed by atoms with Gasteiger partial charge in [0.15, 0.2) is 14.6 Å². The third-order valence-electron chi connectivity index (χ3n) is 5.44. The molecule has 0 aliphatic carbocycles. The second kappa shape index (κ2) is 8.30. The van der Waals surface area contributed by atoms with Crippen LogP contribution in [0.4, 0.5) is 0 Å². The lowest BCUT2D eigenvalue weighted by atomic mass is 9.95. The van der Waals surface area contributed by atoms with Crippen molar-refractivity contribution in [2.45, 2.75) is 104 Å². The van der Waals surface area contributed by atoms with Crippen LogP contribution in [0, 0.1) is 5.92 Å². The van der Waals surface area contributed by atoms with Crippen LogP contribution in [0.15, 0.2) is 0 Å². The number of ether oxygens (including phenoxy) is 2. The summed E-state index contributed by atoms with van der Waals surface area (Å²) in [5, 5.41) is 8.96. The van der Waals surface area contributed by atoms with Crippen LogP contribution in [0.2, 0.25) is 18.1 Å². The second-order valence-electron chi connectivity index (χ2n) is 8.72. The van der Waals surface area contributed by atoms with Crippen molar-refractivity contribution >= 4 is 14.3 Å². The highest BCUT2D eigenvalue weighted by Gasteiger charge is 2.44. The van der Waals surface area contributed by atoms with Crippen molar-refractivity contribution in [3.05, 3.63) is 0 Å². The van der Waals surface area contributed by atoms with Gasteiger partial charge in [-0.2, -0.15) is 0 Å². The fourth-order valence-electron chi connectivity index (χ4n) is 2.50. The van der Waals surface area contributed by atoms with Gasteiger partial charge in [0.2, 0.25) is 0 Å². The molecule has 0 spiro atoms. The van der Waals surface area contributed by atoms with Crippen LogP contribution in [-0.2, 0) is 18.7 Å². The molecule has 0 bridgehead atoms. The van der Waals surface area contributed by atoms with Crippen LogP contribution in [-0.4, -0.2) is 44.0 Å². The smallest absolute Gasteiger partial charge is 0.303 e. The van der Waals surface area contributed by atoms with E-state index in [2.05, 4.69) is 47.7 Å². The molecule has 5 nitrogen and oxygen atoms in total. The minimum Gasteiger partial charge on any atom is -0.481 e. The van der Waals surface area contributed by atoms with Crippen molar-refractivity contribution in [3.63, 3.8) is 0 Å². The number of carboxylic acids is 1. The van der Waals surface area contributed by atoms with Crippen molar-refractivity contribution in [3.8, 4) is 0 Å². The van der Waals surface area contributed by atoms with Gasteiger partial charge < -0.3 is 19.0 Å². The number of hydrogen-bond acceptors (Lipinski definition) is 4. The summed E-state index contributed by atoms with van der Waals surface area (Å²) in [6, 6.07) is 0. The molecule has 1 saturated heterocycles. The molecular formula is C18H36O5Si. The normalized spacial score (nSPS) is 30.2. The summed E-state index contributed by atoms with van der Waals surface area (Å²) in [5.74, 6) is -0.389. The van der Waals surface area contributed by atoms with Gasteiger partial charge in [-0.3, -0.25) is 4.79 Å². The lowest BCUT2D eigenvalue weighted by Gasteiger charge is -2.45. The summed E-state index contributed by atoms with van der Waals surface area (Å²) in [6.45, 7) is 17.3. The van der Waals surface area contributed by atoms with Crippen molar-refractivity contribution in [1.82, 2.24) is 0 Å². The first kappa shape index (κ1) is 21.6. The van der Waals surface area contributed by atoms with Gasteiger partial charge in [0.25, 0.3) is 0 Å². The maximum Gasteiger partial charge on any atom is 0.303 e. The van der Waals surface area contributed by atoms with Gasteiger partial charge in [0, 0.05) is 6.42 Å². The highest BCUT2D eigenvalue weighted by atomic mass is 28.4. The highest BCUT2D eigenvalue weighted by Crippen LogP contribution is 2.40. The number of rotatable bonds is 7. The molecule has 6 heteroatoms. The van der Waals surface area contributed by atoms with Crippen LogP contribution < -0.4 is 0 Å². The molecule has 0 saturated carbocycles. The highest BCUT2D eigenvalue weighted by molar-refractivity contribution is 6.74. The van der Waals surface area contributed by atoms with E-state index in [4.69, 9.17) is 19.0 Å². The molecular weight excluding hydrogens is 324 g/mol. The van der Waals surface area contributed by atoms with Crippen molar-refractivity contribution < 1.29 is 23.8 Å². The molecule has 0 aromatic carbocycles. The zero-order valence-corrected chi connectivity index (χ0v) is 17.6. The Morgan fingerprint density at radius 3 is 2.42 bits per heavy atom. The van der Waals surface area contributed by atoms with Crippen LogP contribution in [0.5, 0.6) is 0 Å². The molecule has 24 heavy (non-hydrogen) atoms. The topological polar surface area (TPSA) is 65.0 Å². The molecule has 1 heterocycles. The fourth-order valence-corrected chi connectivity index (χ4v) is 3.82. The Labute approximate surface area is 148 Å². The van der Waals surface area contributed by atoms with E-state index >= 15 is 0 Å². The standard InChI is InChI=1S/C18H36O5Si/c1-12-11-15(23-24(7,8)18(4,5)6)17(22-14(12)3)21-13(2)9-10-16(19)20/h12-15,17H,9-11H2,1-8H3,(H,19,20)/t12-,13-,14?,15?,17-/m1/s1.